The predicted octanol–water partition coefficient (Wildman–Crippen LogP) is 2.56. The van der Waals surface area contributed by atoms with E-state index < -0.39 is 5.91 Å². The largest absolute Gasteiger partial charge is 0.385 e. The summed E-state index contributed by atoms with van der Waals surface area (Å²) in [5.41, 5.74) is 6.61. The number of primary amides is 1. The van der Waals surface area contributed by atoms with E-state index in [4.69, 9.17) is 17.3 Å². The van der Waals surface area contributed by atoms with Crippen molar-refractivity contribution in [3.63, 3.8) is 0 Å². The van der Waals surface area contributed by atoms with Crippen molar-refractivity contribution in [3.05, 3.63) is 47.4 Å². The second kappa shape index (κ2) is 7.49. The van der Waals surface area contributed by atoms with Gasteiger partial charge in [0.05, 0.1) is 0 Å². The van der Waals surface area contributed by atoms with Gasteiger partial charge in [0, 0.05) is 36.4 Å². The number of aromatic nitrogens is 2. The molecule has 1 unspecified atom stereocenters. The maximum Gasteiger partial charge on any atom is 0.267 e. The first-order valence-electron chi connectivity index (χ1n) is 7.98. The van der Waals surface area contributed by atoms with E-state index in [1.165, 1.54) is 6.33 Å². The Morgan fingerprint density at radius 3 is 2.88 bits per heavy atom. The molecule has 24 heavy (non-hydrogen) atoms. The Morgan fingerprint density at radius 1 is 1.33 bits per heavy atom. The molecule has 1 aliphatic heterocycles. The number of carbonyl (C=O) groups is 1. The lowest BCUT2D eigenvalue weighted by Gasteiger charge is -2.33. The summed E-state index contributed by atoms with van der Waals surface area (Å²) in [4.78, 5) is 21.6. The molecule has 0 spiro atoms. The quantitative estimate of drug-likeness (QED) is 0.870. The minimum absolute atomic E-state index is 0.251. The fourth-order valence-corrected chi connectivity index (χ4v) is 3.05. The van der Waals surface area contributed by atoms with Gasteiger partial charge in [0.15, 0.2) is 0 Å². The Kier molecular flexibility index (Phi) is 5.15. The van der Waals surface area contributed by atoms with Crippen molar-refractivity contribution in [1.29, 1.82) is 0 Å². The summed E-state index contributed by atoms with van der Waals surface area (Å²) in [5.74, 6) is 0.730. The van der Waals surface area contributed by atoms with E-state index in [0.29, 0.717) is 5.92 Å². The SMILES string of the molecule is NC(=O)c1cc(N2CCCC(CNc3ccc(Cl)cc3)C2)ncn1. The zero-order chi connectivity index (χ0) is 16.9. The van der Waals surface area contributed by atoms with Crippen molar-refractivity contribution in [2.45, 2.75) is 12.8 Å². The van der Waals surface area contributed by atoms with E-state index in [0.717, 1.165) is 49.0 Å². The molecule has 2 aromatic rings. The Bertz CT molecular complexity index is 706. The molecule has 7 heteroatoms. The molecule has 1 aromatic carbocycles. The van der Waals surface area contributed by atoms with Gasteiger partial charge in [-0.3, -0.25) is 4.79 Å². The van der Waals surface area contributed by atoms with Gasteiger partial charge >= 0.3 is 0 Å². The highest BCUT2D eigenvalue weighted by Gasteiger charge is 2.21. The predicted molar refractivity (Wildman–Crippen MR) is 95.4 cm³/mol. The molecule has 0 saturated carbocycles. The molecule has 1 saturated heterocycles. The van der Waals surface area contributed by atoms with E-state index in [1.54, 1.807) is 6.07 Å². The van der Waals surface area contributed by atoms with Gasteiger partial charge in [0.2, 0.25) is 0 Å². The maximum absolute atomic E-state index is 11.3. The van der Waals surface area contributed by atoms with Crippen molar-refractivity contribution in [2.75, 3.05) is 29.9 Å². The molecule has 1 atom stereocenters. The molecule has 6 nitrogen and oxygen atoms in total. The number of nitrogens with two attached hydrogens (primary N) is 1. The monoisotopic (exact) mass is 345 g/mol. The number of rotatable bonds is 5. The van der Waals surface area contributed by atoms with Crippen molar-refractivity contribution in [1.82, 2.24) is 9.97 Å². The first kappa shape index (κ1) is 16.5. The standard InChI is InChI=1S/C17H20ClN5O/c18-13-3-5-14(6-4-13)20-9-12-2-1-7-23(10-12)16-8-15(17(19)24)21-11-22-16/h3-6,8,11-12,20H,1-2,7,9-10H2,(H2,19,24). The molecule has 1 fully saturated rings. The van der Waals surface area contributed by atoms with Crippen LogP contribution < -0.4 is 16.0 Å². The summed E-state index contributed by atoms with van der Waals surface area (Å²) in [7, 11) is 0. The summed E-state index contributed by atoms with van der Waals surface area (Å²) < 4.78 is 0. The second-order valence-electron chi connectivity index (χ2n) is 5.97. The van der Waals surface area contributed by atoms with E-state index >= 15 is 0 Å². The first-order chi connectivity index (χ1) is 11.6. The van der Waals surface area contributed by atoms with Crippen molar-refractivity contribution >= 4 is 29.0 Å². The molecular weight excluding hydrogens is 326 g/mol. The maximum atomic E-state index is 11.3. The normalized spacial score (nSPS) is 17.5. The molecule has 0 aliphatic carbocycles. The van der Waals surface area contributed by atoms with Crippen LogP contribution in [0.3, 0.4) is 0 Å². The van der Waals surface area contributed by atoms with Gasteiger partial charge in [0.25, 0.3) is 5.91 Å². The van der Waals surface area contributed by atoms with E-state index in [1.807, 2.05) is 24.3 Å². The van der Waals surface area contributed by atoms with Crippen molar-refractivity contribution in [2.24, 2.45) is 11.7 Å². The first-order valence-corrected chi connectivity index (χ1v) is 8.36. The van der Waals surface area contributed by atoms with Crippen LogP contribution in [0.2, 0.25) is 5.02 Å². The summed E-state index contributed by atoms with van der Waals surface area (Å²) in [5, 5.41) is 4.19. The topological polar surface area (TPSA) is 84.1 Å². The number of amides is 1. The van der Waals surface area contributed by atoms with Crippen molar-refractivity contribution < 1.29 is 4.79 Å². The molecule has 2 heterocycles. The zero-order valence-corrected chi connectivity index (χ0v) is 14.0. The third-order valence-electron chi connectivity index (χ3n) is 4.19. The van der Waals surface area contributed by atoms with Crippen LogP contribution in [0, 0.1) is 5.92 Å². The van der Waals surface area contributed by atoms with Crippen LogP contribution in [-0.4, -0.2) is 35.5 Å². The summed E-state index contributed by atoms with van der Waals surface area (Å²) >= 11 is 5.90. The summed E-state index contributed by atoms with van der Waals surface area (Å²) in [6.07, 6.45) is 3.64. The molecule has 126 valence electrons. The summed E-state index contributed by atoms with van der Waals surface area (Å²) in [6.45, 7) is 2.69. The molecule has 1 amide bonds. The van der Waals surface area contributed by atoms with Crippen LogP contribution in [0.4, 0.5) is 11.5 Å². The number of hydrogen-bond acceptors (Lipinski definition) is 5. The van der Waals surface area contributed by atoms with Crippen LogP contribution in [-0.2, 0) is 0 Å². The minimum Gasteiger partial charge on any atom is -0.385 e. The highest BCUT2D eigenvalue weighted by Crippen LogP contribution is 2.22. The number of benzene rings is 1. The molecule has 1 aliphatic rings. The number of hydrogen-bond donors (Lipinski definition) is 2. The van der Waals surface area contributed by atoms with Gasteiger partial charge in [-0.2, -0.15) is 0 Å². The average Bonchev–Trinajstić information content (AvgIpc) is 2.61. The van der Waals surface area contributed by atoms with Crippen LogP contribution in [0.25, 0.3) is 0 Å². The van der Waals surface area contributed by atoms with Gasteiger partial charge in [-0.15, -0.1) is 0 Å². The fourth-order valence-electron chi connectivity index (χ4n) is 2.92. The minimum atomic E-state index is -0.531. The summed E-state index contributed by atoms with van der Waals surface area (Å²) in [6, 6.07) is 9.38. The smallest absolute Gasteiger partial charge is 0.267 e. The highest BCUT2D eigenvalue weighted by atomic mass is 35.5. The van der Waals surface area contributed by atoms with Crippen LogP contribution in [0.15, 0.2) is 36.7 Å². The zero-order valence-electron chi connectivity index (χ0n) is 13.3. The van der Waals surface area contributed by atoms with Crippen LogP contribution in [0.5, 0.6) is 0 Å². The Morgan fingerprint density at radius 2 is 2.12 bits per heavy atom. The highest BCUT2D eigenvalue weighted by molar-refractivity contribution is 6.30. The van der Waals surface area contributed by atoms with Gasteiger partial charge in [-0.1, -0.05) is 11.6 Å². The Hall–Kier alpha value is -2.34. The van der Waals surface area contributed by atoms with Crippen molar-refractivity contribution in [3.8, 4) is 0 Å². The fraction of sp³-hybridized carbons (Fsp3) is 0.353. The lowest BCUT2D eigenvalue weighted by molar-refractivity contribution is 0.0995. The van der Waals surface area contributed by atoms with Crippen LogP contribution >= 0.6 is 11.6 Å². The van der Waals surface area contributed by atoms with Gasteiger partial charge < -0.3 is 16.0 Å². The molecule has 3 rings (SSSR count). The molecular formula is C17H20ClN5O. The third-order valence-corrected chi connectivity index (χ3v) is 4.44. The number of nitrogens with one attached hydrogen (secondary N) is 1. The molecule has 0 bridgehead atoms. The third kappa shape index (κ3) is 4.14. The van der Waals surface area contributed by atoms with E-state index in [9.17, 15) is 4.79 Å². The molecule has 0 radical (unpaired) electrons. The number of carbonyl (C=O) groups excluding carboxylic acids is 1. The molecule has 3 N–H and O–H groups in total. The average molecular weight is 346 g/mol. The Labute approximate surface area is 146 Å². The molecule has 1 aromatic heterocycles. The number of piperidine rings is 1. The van der Waals surface area contributed by atoms with E-state index in [-0.39, 0.29) is 5.69 Å². The number of halogens is 1. The van der Waals surface area contributed by atoms with Crippen LogP contribution in [0.1, 0.15) is 23.3 Å². The lowest BCUT2D eigenvalue weighted by atomic mass is 9.98. The second-order valence-corrected chi connectivity index (χ2v) is 6.40. The lowest BCUT2D eigenvalue weighted by Crippen LogP contribution is -2.38. The van der Waals surface area contributed by atoms with E-state index in [2.05, 4.69) is 20.2 Å². The van der Waals surface area contributed by atoms with Gasteiger partial charge in [-0.05, 0) is 43.0 Å². The van der Waals surface area contributed by atoms with Gasteiger partial charge in [-0.25, -0.2) is 9.97 Å². The number of nitrogens with zero attached hydrogens (tertiary/aromatic N) is 3. The Balaban J connectivity index is 1.60. The number of anilines is 2. The van der Waals surface area contributed by atoms with Gasteiger partial charge in [0.1, 0.15) is 17.8 Å².